The molecule has 0 aliphatic carbocycles. The number of rotatable bonds is 2. The Morgan fingerprint density at radius 2 is 2.25 bits per heavy atom. The maximum atomic E-state index is 12.9. The van der Waals surface area contributed by atoms with E-state index in [1.54, 1.807) is 10.6 Å². The van der Waals surface area contributed by atoms with E-state index in [2.05, 4.69) is 36.0 Å². The summed E-state index contributed by atoms with van der Waals surface area (Å²) in [6.07, 6.45) is 7.69. The van der Waals surface area contributed by atoms with Crippen molar-refractivity contribution in [3.63, 3.8) is 0 Å². The summed E-state index contributed by atoms with van der Waals surface area (Å²) in [5, 5.41) is 0. The summed E-state index contributed by atoms with van der Waals surface area (Å²) < 4.78 is 1.77. The van der Waals surface area contributed by atoms with Gasteiger partial charge in [-0.3, -0.25) is 9.20 Å². The van der Waals surface area contributed by atoms with Crippen LogP contribution in [0.3, 0.4) is 0 Å². The fourth-order valence-corrected chi connectivity index (χ4v) is 2.73. The van der Waals surface area contributed by atoms with Crippen molar-refractivity contribution in [3.8, 4) is 0 Å². The summed E-state index contributed by atoms with van der Waals surface area (Å²) in [5.41, 5.74) is 1.34. The molecule has 5 heteroatoms. The van der Waals surface area contributed by atoms with E-state index in [-0.39, 0.29) is 11.9 Å². The first-order valence-corrected chi connectivity index (χ1v) is 6.87. The maximum Gasteiger partial charge on any atom is 0.273 e. The van der Waals surface area contributed by atoms with E-state index in [1.807, 2.05) is 24.1 Å². The minimum Gasteiger partial charge on any atom is -0.327 e. The molecule has 20 heavy (non-hydrogen) atoms. The van der Waals surface area contributed by atoms with E-state index in [9.17, 15) is 4.79 Å². The van der Waals surface area contributed by atoms with Crippen LogP contribution in [0, 0.1) is 12.8 Å². The molecule has 0 saturated heterocycles. The lowest BCUT2D eigenvalue weighted by Crippen LogP contribution is -2.39. The van der Waals surface area contributed by atoms with Crippen LogP contribution in [0.5, 0.6) is 0 Å². The molecule has 0 unspecified atom stereocenters. The lowest BCUT2D eigenvalue weighted by molar-refractivity contribution is 0.0712. The fraction of sp³-hybridized carbons (Fsp3) is 0.400. The van der Waals surface area contributed by atoms with Crippen LogP contribution in [0.4, 0.5) is 0 Å². The molecule has 3 rings (SSSR count). The molecule has 1 aliphatic heterocycles. The van der Waals surface area contributed by atoms with Crippen LogP contribution in [0.2, 0.25) is 0 Å². The van der Waals surface area contributed by atoms with E-state index in [0.717, 1.165) is 5.69 Å². The van der Waals surface area contributed by atoms with Crippen LogP contribution < -0.4 is 0 Å². The Labute approximate surface area is 117 Å². The van der Waals surface area contributed by atoms with Crippen molar-refractivity contribution in [3.05, 3.63) is 42.0 Å². The van der Waals surface area contributed by atoms with Crippen LogP contribution in [0.1, 0.15) is 30.0 Å². The van der Waals surface area contributed by atoms with Crippen molar-refractivity contribution in [1.29, 1.82) is 0 Å². The molecule has 0 N–H and O–H groups in total. The lowest BCUT2D eigenvalue weighted by Gasteiger charge is -2.27. The number of amides is 1. The zero-order chi connectivity index (χ0) is 14.3. The van der Waals surface area contributed by atoms with Gasteiger partial charge in [-0.05, 0) is 18.9 Å². The lowest BCUT2D eigenvalue weighted by atomic mass is 10.0. The van der Waals surface area contributed by atoms with E-state index >= 15 is 0 Å². The fourth-order valence-electron chi connectivity index (χ4n) is 2.73. The van der Waals surface area contributed by atoms with E-state index in [4.69, 9.17) is 0 Å². The molecule has 2 aromatic heterocycles. The average molecular weight is 270 g/mol. The quantitative estimate of drug-likeness (QED) is 0.785. The van der Waals surface area contributed by atoms with Gasteiger partial charge in [0.1, 0.15) is 5.69 Å². The molecule has 0 aromatic carbocycles. The second kappa shape index (κ2) is 4.74. The zero-order valence-corrected chi connectivity index (χ0v) is 11.9. The van der Waals surface area contributed by atoms with Crippen LogP contribution in [-0.2, 0) is 0 Å². The molecule has 1 atom stereocenters. The highest BCUT2D eigenvalue weighted by molar-refractivity contribution is 5.95. The van der Waals surface area contributed by atoms with Gasteiger partial charge >= 0.3 is 0 Å². The number of aryl methyl sites for hydroxylation is 1. The third-order valence-corrected chi connectivity index (χ3v) is 3.72. The van der Waals surface area contributed by atoms with Crippen molar-refractivity contribution in [2.24, 2.45) is 5.92 Å². The Hall–Kier alpha value is -2.17. The van der Waals surface area contributed by atoms with Gasteiger partial charge in [-0.1, -0.05) is 26.0 Å². The highest BCUT2D eigenvalue weighted by Crippen LogP contribution is 2.22. The number of nitrogens with zero attached hydrogens (tertiary/aromatic N) is 4. The van der Waals surface area contributed by atoms with Gasteiger partial charge in [0.25, 0.3) is 5.91 Å². The molecular weight excluding hydrogens is 252 g/mol. The van der Waals surface area contributed by atoms with Crippen LogP contribution in [0.25, 0.3) is 5.78 Å². The van der Waals surface area contributed by atoms with Crippen LogP contribution in [0.15, 0.2) is 30.6 Å². The second-order valence-corrected chi connectivity index (χ2v) is 5.46. The molecular formula is C15H18N4O. The van der Waals surface area contributed by atoms with E-state index in [0.29, 0.717) is 23.9 Å². The smallest absolute Gasteiger partial charge is 0.273 e. The second-order valence-electron chi connectivity index (χ2n) is 5.46. The Balaban J connectivity index is 2.03. The Morgan fingerprint density at radius 1 is 1.45 bits per heavy atom. The number of hydrogen-bond acceptors (Lipinski definition) is 3. The van der Waals surface area contributed by atoms with Gasteiger partial charge in [-0.25, -0.2) is 9.97 Å². The molecule has 1 amide bonds. The topological polar surface area (TPSA) is 50.5 Å². The maximum absolute atomic E-state index is 12.9. The number of carbonyl (C=O) groups excluding carboxylic acids is 1. The first kappa shape index (κ1) is 12.8. The van der Waals surface area contributed by atoms with Crippen molar-refractivity contribution >= 4 is 11.7 Å². The predicted octanol–water partition coefficient (Wildman–Crippen LogP) is 2.07. The number of fused-ring (bicyclic) bond motifs is 1. The normalized spacial score (nSPS) is 18.4. The molecule has 104 valence electrons. The summed E-state index contributed by atoms with van der Waals surface area (Å²) in [6.45, 7) is 6.78. The average Bonchev–Trinajstić information content (AvgIpc) is 3.01. The first-order valence-electron chi connectivity index (χ1n) is 6.87. The minimum atomic E-state index is 0.0201. The highest BCUT2D eigenvalue weighted by Gasteiger charge is 2.30. The standard InChI is InChI=1S/C15H18N4O/c1-10(2)12-6-4-8-18(12)14(20)13-11(3)17-15-16-7-5-9-19(13)15/h4-7,9-10,12H,8H2,1-3H3/t12-/m1/s1. The van der Waals surface area contributed by atoms with Crippen molar-refractivity contribution < 1.29 is 4.79 Å². The summed E-state index contributed by atoms with van der Waals surface area (Å²) in [4.78, 5) is 23.3. The highest BCUT2D eigenvalue weighted by atomic mass is 16.2. The third-order valence-electron chi connectivity index (χ3n) is 3.72. The van der Waals surface area contributed by atoms with Crippen molar-refractivity contribution in [2.75, 3.05) is 6.54 Å². The Bertz CT molecular complexity index is 686. The monoisotopic (exact) mass is 270 g/mol. The number of imidazole rings is 1. The minimum absolute atomic E-state index is 0.0201. The van der Waals surface area contributed by atoms with Gasteiger partial charge in [-0.2, -0.15) is 0 Å². The van der Waals surface area contributed by atoms with Crippen molar-refractivity contribution in [1.82, 2.24) is 19.3 Å². The predicted molar refractivity (Wildman–Crippen MR) is 76.5 cm³/mol. The van der Waals surface area contributed by atoms with Gasteiger partial charge in [0.15, 0.2) is 0 Å². The first-order chi connectivity index (χ1) is 9.59. The van der Waals surface area contributed by atoms with E-state index < -0.39 is 0 Å². The summed E-state index contributed by atoms with van der Waals surface area (Å²) in [7, 11) is 0. The number of hydrogen-bond donors (Lipinski definition) is 0. The van der Waals surface area contributed by atoms with Gasteiger partial charge in [0.2, 0.25) is 5.78 Å². The molecule has 0 radical (unpaired) electrons. The molecule has 1 aliphatic rings. The largest absolute Gasteiger partial charge is 0.327 e. The van der Waals surface area contributed by atoms with Crippen LogP contribution >= 0.6 is 0 Å². The molecule has 0 bridgehead atoms. The molecule has 0 spiro atoms. The van der Waals surface area contributed by atoms with Gasteiger partial charge in [0.05, 0.1) is 11.7 Å². The number of carbonyl (C=O) groups is 1. The molecule has 0 fully saturated rings. The molecule has 5 nitrogen and oxygen atoms in total. The molecule has 0 saturated carbocycles. The SMILES string of the molecule is Cc1nc2ncccn2c1C(=O)N1CC=C[C@@H]1C(C)C. The van der Waals surface area contributed by atoms with Crippen molar-refractivity contribution in [2.45, 2.75) is 26.8 Å². The third kappa shape index (κ3) is 1.90. The summed E-state index contributed by atoms with van der Waals surface area (Å²) >= 11 is 0. The van der Waals surface area contributed by atoms with E-state index in [1.165, 1.54) is 0 Å². The van der Waals surface area contributed by atoms with Gasteiger partial charge in [-0.15, -0.1) is 0 Å². The Kier molecular flexibility index (Phi) is 3.04. The van der Waals surface area contributed by atoms with Gasteiger partial charge in [0, 0.05) is 18.9 Å². The zero-order valence-electron chi connectivity index (χ0n) is 11.9. The number of aromatic nitrogens is 3. The Morgan fingerprint density at radius 3 is 3.00 bits per heavy atom. The summed E-state index contributed by atoms with van der Waals surface area (Å²) in [5.74, 6) is 0.989. The molecule has 2 aromatic rings. The van der Waals surface area contributed by atoms with Gasteiger partial charge < -0.3 is 4.90 Å². The summed E-state index contributed by atoms with van der Waals surface area (Å²) in [6, 6.07) is 1.97. The molecule has 3 heterocycles. The van der Waals surface area contributed by atoms with Crippen LogP contribution in [-0.4, -0.2) is 37.8 Å².